The molecule has 0 heterocycles. The Labute approximate surface area is 71.9 Å². The standard InChI is InChI=1S/C7H16O5/c1-5-6(8,10-2)7(9,11-3)12-4/h8-9H,5H2,1-4H3. The van der Waals surface area contributed by atoms with Crippen molar-refractivity contribution in [1.29, 1.82) is 0 Å². The maximum atomic E-state index is 9.63. The molecule has 0 aromatic carbocycles. The van der Waals surface area contributed by atoms with E-state index in [1.165, 1.54) is 21.3 Å². The van der Waals surface area contributed by atoms with E-state index in [9.17, 15) is 10.2 Å². The highest BCUT2D eigenvalue weighted by molar-refractivity contribution is 4.75. The van der Waals surface area contributed by atoms with Crippen molar-refractivity contribution in [3.8, 4) is 0 Å². The Bertz CT molecular complexity index is 112. The summed E-state index contributed by atoms with van der Waals surface area (Å²) in [7, 11) is 3.68. The van der Waals surface area contributed by atoms with Gasteiger partial charge in [0.15, 0.2) is 0 Å². The molecule has 0 rings (SSSR count). The second-order valence-corrected chi connectivity index (χ2v) is 2.33. The Balaban J connectivity index is 4.66. The largest absolute Gasteiger partial charge is 0.359 e. The Morgan fingerprint density at radius 2 is 1.42 bits per heavy atom. The third-order valence-electron chi connectivity index (χ3n) is 1.86. The first-order valence-electron chi connectivity index (χ1n) is 3.59. The molecular formula is C7H16O5. The molecule has 74 valence electrons. The van der Waals surface area contributed by atoms with Crippen molar-refractivity contribution in [3.05, 3.63) is 0 Å². The summed E-state index contributed by atoms with van der Waals surface area (Å²) in [5.41, 5.74) is 0. The smallest absolute Gasteiger partial charge is 0.337 e. The molecule has 0 aliphatic rings. The zero-order chi connectivity index (χ0) is 9.83. The maximum absolute atomic E-state index is 9.63. The van der Waals surface area contributed by atoms with Crippen molar-refractivity contribution in [3.63, 3.8) is 0 Å². The monoisotopic (exact) mass is 180 g/mol. The number of hydrogen-bond acceptors (Lipinski definition) is 5. The van der Waals surface area contributed by atoms with Crippen molar-refractivity contribution in [2.45, 2.75) is 25.1 Å². The molecule has 0 saturated heterocycles. The van der Waals surface area contributed by atoms with Gasteiger partial charge >= 0.3 is 5.97 Å². The molecule has 2 N–H and O–H groups in total. The minimum absolute atomic E-state index is 0.141. The van der Waals surface area contributed by atoms with E-state index >= 15 is 0 Å². The topological polar surface area (TPSA) is 68.2 Å². The second kappa shape index (κ2) is 4.15. The van der Waals surface area contributed by atoms with Crippen LogP contribution >= 0.6 is 0 Å². The van der Waals surface area contributed by atoms with Gasteiger partial charge in [-0.3, -0.25) is 0 Å². The molecule has 5 nitrogen and oxygen atoms in total. The van der Waals surface area contributed by atoms with Crippen LogP contribution in [0.25, 0.3) is 0 Å². The van der Waals surface area contributed by atoms with E-state index in [2.05, 4.69) is 14.2 Å². The number of ether oxygens (including phenoxy) is 3. The number of hydrogen-bond donors (Lipinski definition) is 2. The van der Waals surface area contributed by atoms with Crippen molar-refractivity contribution in [1.82, 2.24) is 0 Å². The van der Waals surface area contributed by atoms with E-state index < -0.39 is 11.8 Å². The summed E-state index contributed by atoms with van der Waals surface area (Å²) < 4.78 is 13.9. The van der Waals surface area contributed by atoms with Gasteiger partial charge in [0.25, 0.3) is 0 Å². The summed E-state index contributed by atoms with van der Waals surface area (Å²) in [6, 6.07) is 0. The van der Waals surface area contributed by atoms with Gasteiger partial charge in [0.2, 0.25) is 5.79 Å². The zero-order valence-corrected chi connectivity index (χ0v) is 7.83. The zero-order valence-electron chi connectivity index (χ0n) is 7.83. The predicted octanol–water partition coefficient (Wildman–Crippen LogP) is -0.330. The Hall–Kier alpha value is -0.200. The molecule has 12 heavy (non-hydrogen) atoms. The molecule has 0 amide bonds. The number of methoxy groups -OCH3 is 3. The Morgan fingerprint density at radius 1 is 1.00 bits per heavy atom. The van der Waals surface area contributed by atoms with Gasteiger partial charge in [-0.1, -0.05) is 6.92 Å². The predicted molar refractivity (Wildman–Crippen MR) is 41.2 cm³/mol. The minimum Gasteiger partial charge on any atom is -0.359 e. The lowest BCUT2D eigenvalue weighted by Crippen LogP contribution is -2.57. The van der Waals surface area contributed by atoms with Crippen LogP contribution in [-0.4, -0.2) is 43.3 Å². The van der Waals surface area contributed by atoms with Crippen molar-refractivity contribution in [2.75, 3.05) is 21.3 Å². The third kappa shape index (κ3) is 1.75. The Kier molecular flexibility index (Phi) is 4.09. The van der Waals surface area contributed by atoms with E-state index in [1.807, 2.05) is 0 Å². The van der Waals surface area contributed by atoms with Gasteiger partial charge in [-0.25, -0.2) is 0 Å². The van der Waals surface area contributed by atoms with Gasteiger partial charge in [0, 0.05) is 27.8 Å². The highest BCUT2D eigenvalue weighted by atomic mass is 16.9. The molecule has 0 fully saturated rings. The van der Waals surface area contributed by atoms with E-state index in [-0.39, 0.29) is 6.42 Å². The quantitative estimate of drug-likeness (QED) is 0.567. The SMILES string of the molecule is CCC(O)(OC)C(O)(OC)OC. The van der Waals surface area contributed by atoms with Crippen LogP contribution in [0.15, 0.2) is 0 Å². The van der Waals surface area contributed by atoms with Gasteiger partial charge in [-0.15, -0.1) is 0 Å². The molecule has 0 radical (unpaired) electrons. The molecular weight excluding hydrogens is 164 g/mol. The molecule has 1 atom stereocenters. The molecule has 0 saturated carbocycles. The van der Waals surface area contributed by atoms with Crippen molar-refractivity contribution < 1.29 is 24.4 Å². The molecule has 0 aromatic rings. The molecule has 0 bridgehead atoms. The lowest BCUT2D eigenvalue weighted by atomic mass is 10.1. The first kappa shape index (κ1) is 11.8. The first-order valence-corrected chi connectivity index (χ1v) is 3.59. The summed E-state index contributed by atoms with van der Waals surface area (Å²) in [5, 5.41) is 19.2. The summed E-state index contributed by atoms with van der Waals surface area (Å²) in [6.45, 7) is 1.63. The average Bonchev–Trinajstić information content (AvgIpc) is 2.15. The van der Waals surface area contributed by atoms with Gasteiger partial charge < -0.3 is 24.4 Å². The van der Waals surface area contributed by atoms with Crippen LogP contribution in [0.5, 0.6) is 0 Å². The molecule has 0 aromatic heterocycles. The van der Waals surface area contributed by atoms with Gasteiger partial charge in [0.05, 0.1) is 0 Å². The van der Waals surface area contributed by atoms with Crippen LogP contribution in [0.3, 0.4) is 0 Å². The normalized spacial score (nSPS) is 17.5. The van der Waals surface area contributed by atoms with Crippen LogP contribution in [0, 0.1) is 0 Å². The van der Waals surface area contributed by atoms with Crippen molar-refractivity contribution in [2.24, 2.45) is 0 Å². The third-order valence-corrected chi connectivity index (χ3v) is 1.86. The fourth-order valence-corrected chi connectivity index (χ4v) is 0.899. The average molecular weight is 180 g/mol. The second-order valence-electron chi connectivity index (χ2n) is 2.33. The summed E-state index contributed by atoms with van der Waals surface area (Å²) in [5.74, 6) is -3.98. The molecule has 1 unspecified atom stereocenters. The van der Waals surface area contributed by atoms with E-state index in [0.29, 0.717) is 0 Å². The van der Waals surface area contributed by atoms with Crippen molar-refractivity contribution >= 4 is 0 Å². The lowest BCUT2D eigenvalue weighted by Gasteiger charge is -2.38. The van der Waals surface area contributed by atoms with Crippen LogP contribution in [0.1, 0.15) is 13.3 Å². The molecule has 0 aliphatic carbocycles. The van der Waals surface area contributed by atoms with Crippen LogP contribution in [-0.2, 0) is 14.2 Å². The molecule has 0 spiro atoms. The summed E-state index contributed by atoms with van der Waals surface area (Å²) >= 11 is 0. The fourth-order valence-electron chi connectivity index (χ4n) is 0.899. The van der Waals surface area contributed by atoms with E-state index in [4.69, 9.17) is 0 Å². The number of aliphatic hydroxyl groups is 2. The highest BCUT2D eigenvalue weighted by Crippen LogP contribution is 2.27. The first-order chi connectivity index (χ1) is 5.49. The Morgan fingerprint density at radius 3 is 1.50 bits per heavy atom. The van der Waals surface area contributed by atoms with Crippen LogP contribution in [0.4, 0.5) is 0 Å². The summed E-state index contributed by atoms with van der Waals surface area (Å²) in [4.78, 5) is 0. The molecule has 0 aliphatic heterocycles. The lowest BCUT2D eigenvalue weighted by molar-refractivity contribution is -0.465. The fraction of sp³-hybridized carbons (Fsp3) is 1.00. The minimum atomic E-state index is -2.13. The van der Waals surface area contributed by atoms with Crippen LogP contribution < -0.4 is 0 Å². The number of rotatable bonds is 5. The summed E-state index contributed by atoms with van der Waals surface area (Å²) in [6.07, 6.45) is 0.141. The van der Waals surface area contributed by atoms with Gasteiger partial charge in [0.1, 0.15) is 0 Å². The van der Waals surface area contributed by atoms with Gasteiger partial charge in [-0.05, 0) is 0 Å². The van der Waals surface area contributed by atoms with Crippen LogP contribution in [0.2, 0.25) is 0 Å². The highest BCUT2D eigenvalue weighted by Gasteiger charge is 2.51. The van der Waals surface area contributed by atoms with E-state index in [0.717, 1.165) is 0 Å². The molecule has 5 heteroatoms. The van der Waals surface area contributed by atoms with Gasteiger partial charge in [-0.2, -0.15) is 0 Å². The maximum Gasteiger partial charge on any atom is 0.337 e. The van der Waals surface area contributed by atoms with E-state index in [1.54, 1.807) is 6.92 Å².